The molecule has 4 aromatic carbocycles. The zero-order valence-electron chi connectivity index (χ0n) is 20.2. The van der Waals surface area contributed by atoms with Crippen LogP contribution in [0.3, 0.4) is 0 Å². The van der Waals surface area contributed by atoms with Gasteiger partial charge in [-0.3, -0.25) is 0 Å². The normalized spacial score (nSPS) is 12.9. The van der Waals surface area contributed by atoms with Gasteiger partial charge in [-0.2, -0.15) is 0 Å². The van der Waals surface area contributed by atoms with E-state index in [-0.39, 0.29) is 89.6 Å². The third kappa shape index (κ3) is 4.74. The molecule has 4 aromatic rings. The molecular weight excluding hydrogens is 784 g/mol. The van der Waals surface area contributed by atoms with Crippen molar-refractivity contribution in [3.63, 3.8) is 0 Å². The Bertz CT molecular complexity index is 1380. The molecule has 0 heterocycles. The molecule has 0 unspecified atom stereocenters. The Labute approximate surface area is 261 Å². The Morgan fingerprint density at radius 1 is 0.300 bits per heavy atom. The van der Waals surface area contributed by atoms with Gasteiger partial charge in [0.1, 0.15) is 63.9 Å². The highest BCUT2D eigenvalue weighted by Gasteiger charge is 2.25. The molecule has 12 heteroatoms. The van der Waals surface area contributed by atoms with E-state index in [0.717, 1.165) is 0 Å². The fourth-order valence-electron chi connectivity index (χ4n) is 4.86. The van der Waals surface area contributed by atoms with E-state index in [1.807, 2.05) is 0 Å². The molecule has 1 aliphatic rings. The van der Waals surface area contributed by atoms with E-state index < -0.39 is 0 Å². The van der Waals surface area contributed by atoms with E-state index >= 15 is 0 Å². The molecular formula is C28H20Br4O8. The van der Waals surface area contributed by atoms with Crippen molar-refractivity contribution in [2.75, 3.05) is 0 Å². The minimum atomic E-state index is -0.255. The number of hydrogen-bond donors (Lipinski definition) is 8. The molecule has 8 N–H and O–H groups in total. The van der Waals surface area contributed by atoms with Gasteiger partial charge in [0, 0.05) is 70.2 Å². The van der Waals surface area contributed by atoms with E-state index in [9.17, 15) is 40.9 Å². The lowest BCUT2D eigenvalue weighted by molar-refractivity contribution is 0.430. The first kappa shape index (κ1) is 28.7. The molecule has 0 aliphatic heterocycles. The minimum absolute atomic E-state index is 0.0115. The van der Waals surface area contributed by atoms with E-state index in [2.05, 4.69) is 63.7 Å². The second-order valence-corrected chi connectivity index (χ2v) is 12.7. The van der Waals surface area contributed by atoms with Crippen molar-refractivity contribution in [3.05, 3.63) is 86.7 Å². The molecule has 0 spiro atoms. The molecule has 0 atom stereocenters. The second kappa shape index (κ2) is 10.6. The van der Waals surface area contributed by atoms with Crippen LogP contribution >= 0.6 is 63.7 Å². The minimum Gasteiger partial charge on any atom is -0.506 e. The summed E-state index contributed by atoms with van der Waals surface area (Å²) in [5, 5.41) is 86.6. The lowest BCUT2D eigenvalue weighted by atomic mass is 9.91. The van der Waals surface area contributed by atoms with Crippen LogP contribution < -0.4 is 0 Å². The molecule has 208 valence electrons. The summed E-state index contributed by atoms with van der Waals surface area (Å²) < 4.78 is 0.0774. The molecule has 5 rings (SSSR count). The Morgan fingerprint density at radius 2 is 0.425 bits per heavy atom. The van der Waals surface area contributed by atoms with E-state index in [1.165, 1.54) is 0 Å². The third-order valence-corrected chi connectivity index (χ3v) is 10.0. The lowest BCUT2D eigenvalue weighted by Gasteiger charge is -2.19. The SMILES string of the molecule is Oc1c2cc(c(O)c1Br)Cc1cc(c(O)c(Br)c1O)Cc1cc(c(O)c(Br)c1O)Cc1cc(c(O)c(Br)c1O)C2. The number of rotatable bonds is 0. The van der Waals surface area contributed by atoms with Crippen molar-refractivity contribution >= 4 is 63.7 Å². The van der Waals surface area contributed by atoms with Gasteiger partial charge in [0.05, 0.1) is 0 Å². The highest BCUT2D eigenvalue weighted by molar-refractivity contribution is 9.11. The van der Waals surface area contributed by atoms with Crippen molar-refractivity contribution in [1.29, 1.82) is 0 Å². The van der Waals surface area contributed by atoms with Crippen molar-refractivity contribution in [2.45, 2.75) is 25.7 Å². The topological polar surface area (TPSA) is 162 Å². The van der Waals surface area contributed by atoms with E-state index in [0.29, 0.717) is 44.5 Å². The first-order chi connectivity index (χ1) is 18.8. The Morgan fingerprint density at radius 3 is 0.550 bits per heavy atom. The maximum absolute atomic E-state index is 10.8. The Hall–Kier alpha value is -2.80. The molecule has 0 amide bonds. The van der Waals surface area contributed by atoms with Gasteiger partial charge in [0.15, 0.2) is 0 Å². The Balaban J connectivity index is 1.84. The van der Waals surface area contributed by atoms with Gasteiger partial charge in [0.2, 0.25) is 0 Å². The first-order valence-corrected chi connectivity index (χ1v) is 14.9. The molecule has 0 fully saturated rings. The average molecular weight is 804 g/mol. The Kier molecular flexibility index (Phi) is 7.58. The largest absolute Gasteiger partial charge is 0.506 e. The van der Waals surface area contributed by atoms with Gasteiger partial charge in [-0.1, -0.05) is 0 Å². The fourth-order valence-corrected chi connectivity index (χ4v) is 6.90. The van der Waals surface area contributed by atoms with Crippen LogP contribution in [0.5, 0.6) is 46.0 Å². The fraction of sp³-hybridized carbons (Fsp3) is 0.143. The second-order valence-electron chi connectivity index (χ2n) is 9.53. The lowest BCUT2D eigenvalue weighted by Crippen LogP contribution is -2.02. The van der Waals surface area contributed by atoms with Crippen molar-refractivity contribution in [1.82, 2.24) is 0 Å². The van der Waals surface area contributed by atoms with Crippen LogP contribution in [0.1, 0.15) is 44.5 Å². The molecule has 40 heavy (non-hydrogen) atoms. The van der Waals surface area contributed by atoms with Gasteiger partial charge < -0.3 is 40.9 Å². The predicted molar refractivity (Wildman–Crippen MR) is 161 cm³/mol. The van der Waals surface area contributed by atoms with Crippen LogP contribution in [0.15, 0.2) is 42.2 Å². The van der Waals surface area contributed by atoms with Crippen molar-refractivity contribution in [2.24, 2.45) is 0 Å². The molecule has 1 aliphatic carbocycles. The standard InChI is InChI=1S/C28H20Br4O8/c29-17-21(33)9-1-10(22(17)34)6-12-3-14(26(38)19(31)24(12)36)8-16-4-15(27(39)20(32)28(16)40)7-13-2-11(5-9)23(35)18(30)25(13)37/h1-4,33-40H,5-8H2. The highest BCUT2D eigenvalue weighted by atomic mass is 79.9. The van der Waals surface area contributed by atoms with Crippen LogP contribution in [0.4, 0.5) is 0 Å². The molecule has 0 aromatic heterocycles. The quantitative estimate of drug-likeness (QED) is 0.0826. The summed E-state index contributed by atoms with van der Waals surface area (Å²) in [5.74, 6) is -2.04. The van der Waals surface area contributed by atoms with Crippen LogP contribution in [0.2, 0.25) is 0 Å². The van der Waals surface area contributed by atoms with E-state index in [1.54, 1.807) is 24.3 Å². The first-order valence-electron chi connectivity index (χ1n) is 11.7. The zero-order chi connectivity index (χ0) is 29.2. The van der Waals surface area contributed by atoms with E-state index in [4.69, 9.17) is 0 Å². The van der Waals surface area contributed by atoms with Crippen LogP contribution in [-0.4, -0.2) is 40.9 Å². The summed E-state index contributed by atoms with van der Waals surface area (Å²) in [6.07, 6.45) is -0.0459. The maximum Gasteiger partial charge on any atom is 0.137 e. The number of halogens is 4. The van der Waals surface area contributed by atoms with Gasteiger partial charge >= 0.3 is 0 Å². The number of aromatic hydroxyl groups is 8. The number of phenols is 8. The number of fused-ring (bicyclic) bond motifs is 8. The van der Waals surface area contributed by atoms with Crippen molar-refractivity contribution < 1.29 is 40.9 Å². The third-order valence-electron chi connectivity index (χ3n) is 7.01. The van der Waals surface area contributed by atoms with Gasteiger partial charge in [0.25, 0.3) is 0 Å². The molecule has 0 saturated heterocycles. The van der Waals surface area contributed by atoms with Gasteiger partial charge in [-0.15, -0.1) is 0 Å². The van der Waals surface area contributed by atoms with Crippen LogP contribution in [-0.2, 0) is 25.7 Å². The summed E-state index contributed by atoms with van der Waals surface area (Å²) in [5.41, 5.74) is 2.67. The van der Waals surface area contributed by atoms with Gasteiger partial charge in [-0.05, 0) is 88.0 Å². The van der Waals surface area contributed by atoms with Crippen molar-refractivity contribution in [3.8, 4) is 46.0 Å². The number of benzene rings is 4. The highest BCUT2D eigenvalue weighted by Crippen LogP contribution is 2.48. The summed E-state index contributed by atoms with van der Waals surface area (Å²) in [4.78, 5) is 0. The molecule has 8 bridgehead atoms. The zero-order valence-corrected chi connectivity index (χ0v) is 26.6. The summed E-state index contributed by atoms with van der Waals surface area (Å²) in [7, 11) is 0. The smallest absolute Gasteiger partial charge is 0.137 e. The summed E-state index contributed by atoms with van der Waals surface area (Å²) >= 11 is 12.9. The van der Waals surface area contributed by atoms with Crippen LogP contribution in [0.25, 0.3) is 0 Å². The monoisotopic (exact) mass is 800 g/mol. The maximum atomic E-state index is 10.8. The predicted octanol–water partition coefficient (Wildman–Crippen LogP) is 7.06. The molecule has 8 nitrogen and oxygen atoms in total. The van der Waals surface area contributed by atoms with Gasteiger partial charge in [-0.25, -0.2) is 0 Å². The number of hydrogen-bond acceptors (Lipinski definition) is 8. The number of phenolic OH excluding ortho intramolecular Hbond substituents is 8. The molecule has 0 saturated carbocycles. The van der Waals surface area contributed by atoms with Crippen LogP contribution in [0, 0.1) is 0 Å². The summed E-state index contributed by atoms with van der Waals surface area (Å²) in [6.45, 7) is 0. The summed E-state index contributed by atoms with van der Waals surface area (Å²) in [6, 6.07) is 6.16. The average Bonchev–Trinajstić information content (AvgIpc) is 2.93. The molecule has 0 radical (unpaired) electrons.